The normalized spacial score (nSPS) is 10.6. The fourth-order valence-electron chi connectivity index (χ4n) is 3.15. The molecule has 0 saturated heterocycles. The smallest absolute Gasteiger partial charge is 0.259 e. The van der Waals surface area contributed by atoms with E-state index in [2.05, 4.69) is 5.32 Å². The van der Waals surface area contributed by atoms with E-state index in [9.17, 15) is 9.59 Å². The molecule has 6 nitrogen and oxygen atoms in total. The van der Waals surface area contributed by atoms with Crippen molar-refractivity contribution in [3.8, 4) is 5.75 Å². The number of benzene rings is 3. The minimum absolute atomic E-state index is 0.0942. The van der Waals surface area contributed by atoms with Crippen molar-refractivity contribution in [1.29, 1.82) is 0 Å². The fraction of sp³-hybridized carbons (Fsp3) is 0.200. The van der Waals surface area contributed by atoms with Crippen molar-refractivity contribution in [2.45, 2.75) is 6.54 Å². The summed E-state index contributed by atoms with van der Waals surface area (Å²) < 4.78 is 5.12. The molecule has 3 aromatic rings. The summed E-state index contributed by atoms with van der Waals surface area (Å²) >= 11 is 0. The summed E-state index contributed by atoms with van der Waals surface area (Å²) in [6.07, 6.45) is 0. The SMILES string of the molecule is COc1ccc(C(=O)NCc2cccc(C(=O)N(CN(C)C)c3ccccc3)c2)cc1. The van der Waals surface area contributed by atoms with Gasteiger partial charge in [0.15, 0.2) is 0 Å². The van der Waals surface area contributed by atoms with Gasteiger partial charge in [-0.2, -0.15) is 0 Å². The van der Waals surface area contributed by atoms with E-state index in [1.807, 2.05) is 67.5 Å². The maximum atomic E-state index is 13.3. The van der Waals surface area contributed by atoms with Crippen molar-refractivity contribution < 1.29 is 14.3 Å². The van der Waals surface area contributed by atoms with Gasteiger partial charge < -0.3 is 10.1 Å². The zero-order chi connectivity index (χ0) is 22.2. The van der Waals surface area contributed by atoms with Crippen LogP contribution in [0.25, 0.3) is 0 Å². The van der Waals surface area contributed by atoms with E-state index in [0.29, 0.717) is 30.1 Å². The number of amides is 2. The van der Waals surface area contributed by atoms with E-state index < -0.39 is 0 Å². The van der Waals surface area contributed by atoms with E-state index in [-0.39, 0.29) is 11.8 Å². The lowest BCUT2D eigenvalue weighted by Gasteiger charge is -2.26. The standard InChI is InChI=1S/C25H27N3O3/c1-27(2)18-28(22-10-5-4-6-11-22)25(30)21-9-7-8-19(16-21)17-26-24(29)20-12-14-23(31-3)15-13-20/h4-16H,17-18H2,1-3H3,(H,26,29). The van der Waals surface area contributed by atoms with Crippen LogP contribution < -0.4 is 15.0 Å². The Kier molecular flexibility index (Phi) is 7.40. The van der Waals surface area contributed by atoms with Crippen molar-refractivity contribution in [3.05, 3.63) is 95.6 Å². The molecule has 0 aliphatic rings. The van der Waals surface area contributed by atoms with Crippen molar-refractivity contribution in [2.75, 3.05) is 32.8 Å². The highest BCUT2D eigenvalue weighted by atomic mass is 16.5. The molecule has 0 spiro atoms. The van der Waals surface area contributed by atoms with Crippen molar-refractivity contribution >= 4 is 17.5 Å². The molecule has 0 radical (unpaired) electrons. The second-order valence-electron chi connectivity index (χ2n) is 7.40. The van der Waals surface area contributed by atoms with Gasteiger partial charge in [-0.1, -0.05) is 30.3 Å². The molecule has 1 N–H and O–H groups in total. The van der Waals surface area contributed by atoms with Gasteiger partial charge >= 0.3 is 0 Å². The molecule has 0 atom stereocenters. The number of carbonyl (C=O) groups excluding carboxylic acids is 2. The molecule has 0 aliphatic carbocycles. The van der Waals surface area contributed by atoms with Crippen LogP contribution in [-0.4, -0.2) is 44.6 Å². The van der Waals surface area contributed by atoms with Gasteiger partial charge in [0.05, 0.1) is 13.8 Å². The average Bonchev–Trinajstić information content (AvgIpc) is 2.81. The molecular formula is C25H27N3O3. The molecule has 2 amide bonds. The van der Waals surface area contributed by atoms with Crippen molar-refractivity contribution in [2.24, 2.45) is 0 Å². The van der Waals surface area contributed by atoms with Gasteiger partial charge in [0.2, 0.25) is 0 Å². The van der Waals surface area contributed by atoms with Gasteiger partial charge in [-0.05, 0) is 68.2 Å². The van der Waals surface area contributed by atoms with E-state index in [1.165, 1.54) is 0 Å². The van der Waals surface area contributed by atoms with Crippen LogP contribution in [0.15, 0.2) is 78.9 Å². The minimum atomic E-state index is -0.182. The number of nitrogens with zero attached hydrogens (tertiary/aromatic N) is 2. The molecule has 0 aliphatic heterocycles. The number of methoxy groups -OCH3 is 1. The molecule has 0 aromatic heterocycles. The Balaban J connectivity index is 1.72. The Morgan fingerprint density at radius 3 is 2.23 bits per heavy atom. The molecule has 31 heavy (non-hydrogen) atoms. The maximum absolute atomic E-state index is 13.3. The van der Waals surface area contributed by atoms with Crippen molar-refractivity contribution in [1.82, 2.24) is 10.2 Å². The molecule has 3 rings (SSSR count). The largest absolute Gasteiger partial charge is 0.497 e. The van der Waals surface area contributed by atoms with Gasteiger partial charge in [0, 0.05) is 23.4 Å². The van der Waals surface area contributed by atoms with Crippen LogP contribution in [0, 0.1) is 0 Å². The maximum Gasteiger partial charge on any atom is 0.259 e. The minimum Gasteiger partial charge on any atom is -0.497 e. The van der Waals surface area contributed by atoms with Crippen LogP contribution in [0.1, 0.15) is 26.3 Å². The van der Waals surface area contributed by atoms with Crippen molar-refractivity contribution in [3.63, 3.8) is 0 Å². The number of hydrogen-bond donors (Lipinski definition) is 1. The number of para-hydroxylation sites is 1. The van der Waals surface area contributed by atoms with Gasteiger partial charge in [0.1, 0.15) is 5.75 Å². The molecule has 6 heteroatoms. The first-order valence-electron chi connectivity index (χ1n) is 10.0. The Bertz CT molecular complexity index is 1020. The van der Waals surface area contributed by atoms with Crippen LogP contribution >= 0.6 is 0 Å². The predicted molar refractivity (Wildman–Crippen MR) is 122 cm³/mol. The quantitative estimate of drug-likeness (QED) is 0.567. The highest BCUT2D eigenvalue weighted by Gasteiger charge is 2.18. The Morgan fingerprint density at radius 2 is 1.58 bits per heavy atom. The predicted octanol–water partition coefficient (Wildman–Crippen LogP) is 3.79. The summed E-state index contributed by atoms with van der Waals surface area (Å²) in [6, 6.07) is 23.9. The third-order valence-corrected chi connectivity index (χ3v) is 4.72. The fourth-order valence-corrected chi connectivity index (χ4v) is 3.15. The molecule has 0 bridgehead atoms. The highest BCUT2D eigenvalue weighted by molar-refractivity contribution is 6.06. The lowest BCUT2D eigenvalue weighted by Crippen LogP contribution is -2.38. The van der Waals surface area contributed by atoms with Gasteiger partial charge in [-0.15, -0.1) is 0 Å². The average molecular weight is 418 g/mol. The second kappa shape index (κ2) is 10.4. The third kappa shape index (κ3) is 5.93. The zero-order valence-electron chi connectivity index (χ0n) is 18.0. The van der Waals surface area contributed by atoms with Crippen LogP contribution in [0.5, 0.6) is 5.75 Å². The summed E-state index contributed by atoms with van der Waals surface area (Å²) in [5.41, 5.74) is 2.81. The first kappa shape index (κ1) is 22.1. The van der Waals surface area contributed by atoms with Crippen LogP contribution in [0.2, 0.25) is 0 Å². The summed E-state index contributed by atoms with van der Waals surface area (Å²) in [4.78, 5) is 29.4. The molecule has 0 unspecified atom stereocenters. The van der Waals surface area contributed by atoms with E-state index in [0.717, 1.165) is 11.3 Å². The molecule has 3 aromatic carbocycles. The van der Waals surface area contributed by atoms with E-state index >= 15 is 0 Å². The monoisotopic (exact) mass is 417 g/mol. The zero-order valence-corrected chi connectivity index (χ0v) is 18.0. The number of carbonyl (C=O) groups is 2. The summed E-state index contributed by atoms with van der Waals surface area (Å²) in [6.45, 7) is 0.784. The first-order valence-corrected chi connectivity index (χ1v) is 10.0. The molecule has 0 fully saturated rings. The number of rotatable bonds is 8. The number of nitrogens with one attached hydrogen (secondary N) is 1. The summed E-state index contributed by atoms with van der Waals surface area (Å²) in [5, 5.41) is 2.90. The highest BCUT2D eigenvalue weighted by Crippen LogP contribution is 2.18. The number of hydrogen-bond acceptors (Lipinski definition) is 4. The van der Waals surface area contributed by atoms with Crippen LogP contribution in [0.3, 0.4) is 0 Å². The number of ether oxygens (including phenoxy) is 1. The topological polar surface area (TPSA) is 61.9 Å². The summed E-state index contributed by atoms with van der Waals surface area (Å²) in [7, 11) is 5.43. The Morgan fingerprint density at radius 1 is 0.871 bits per heavy atom. The Labute approximate surface area is 183 Å². The molecule has 160 valence electrons. The van der Waals surface area contributed by atoms with E-state index in [1.54, 1.807) is 42.3 Å². The molecule has 0 saturated carbocycles. The van der Waals surface area contributed by atoms with E-state index in [4.69, 9.17) is 4.74 Å². The van der Waals surface area contributed by atoms with Gasteiger partial charge in [0.25, 0.3) is 11.8 Å². The molecule has 0 heterocycles. The lowest BCUT2D eigenvalue weighted by atomic mass is 10.1. The van der Waals surface area contributed by atoms with Crippen LogP contribution in [-0.2, 0) is 6.54 Å². The third-order valence-electron chi connectivity index (χ3n) is 4.72. The van der Waals surface area contributed by atoms with Gasteiger partial charge in [-0.25, -0.2) is 0 Å². The second-order valence-corrected chi connectivity index (χ2v) is 7.40. The Hall–Kier alpha value is -3.64. The van der Waals surface area contributed by atoms with Crippen LogP contribution in [0.4, 0.5) is 5.69 Å². The lowest BCUT2D eigenvalue weighted by molar-refractivity contribution is 0.0949. The number of anilines is 1. The molecular weight excluding hydrogens is 390 g/mol. The van der Waals surface area contributed by atoms with Gasteiger partial charge in [-0.3, -0.25) is 19.4 Å². The summed E-state index contributed by atoms with van der Waals surface area (Å²) in [5.74, 6) is 0.421. The first-order chi connectivity index (χ1) is 15.0.